The van der Waals surface area contributed by atoms with Crippen LogP contribution in [0.15, 0.2) is 12.3 Å². The van der Waals surface area contributed by atoms with E-state index in [1.54, 1.807) is 17.8 Å². The lowest BCUT2D eigenvalue weighted by molar-refractivity contribution is -0.138. The quantitative estimate of drug-likeness (QED) is 0.873. The molecule has 21 heavy (non-hydrogen) atoms. The zero-order valence-electron chi connectivity index (χ0n) is 12.3. The van der Waals surface area contributed by atoms with Crippen LogP contribution in [0.5, 0.6) is 0 Å². The highest BCUT2D eigenvalue weighted by molar-refractivity contribution is 5.93. The second-order valence-corrected chi connectivity index (χ2v) is 5.26. The maximum Gasteiger partial charge on any atom is 0.303 e. The first-order valence-electron chi connectivity index (χ1n) is 6.68. The summed E-state index contributed by atoms with van der Waals surface area (Å²) in [5.41, 5.74) is 2.19. The molecule has 1 unspecified atom stereocenters. The van der Waals surface area contributed by atoms with Crippen molar-refractivity contribution in [1.82, 2.24) is 14.8 Å². The number of aryl methyl sites for hydroxylation is 2. The topological polar surface area (TPSA) is 97.1 Å². The first-order chi connectivity index (χ1) is 9.86. The van der Waals surface area contributed by atoms with Gasteiger partial charge < -0.3 is 10.4 Å². The number of fused-ring (bicyclic) bond motifs is 1. The Morgan fingerprint density at radius 2 is 2.14 bits per heavy atom. The first kappa shape index (κ1) is 15.0. The molecule has 2 aromatic rings. The second kappa shape index (κ2) is 5.90. The number of nitrogens with one attached hydrogen (secondary N) is 1. The summed E-state index contributed by atoms with van der Waals surface area (Å²) in [5.74, 6) is -1.32. The Balaban J connectivity index is 2.07. The number of carbonyl (C=O) groups is 2. The average molecular weight is 290 g/mol. The zero-order chi connectivity index (χ0) is 15.6. The molecule has 0 aliphatic rings. The summed E-state index contributed by atoms with van der Waals surface area (Å²) in [5, 5.41) is 16.6. The minimum Gasteiger partial charge on any atom is -0.481 e. The predicted molar refractivity (Wildman–Crippen MR) is 77.9 cm³/mol. The fourth-order valence-corrected chi connectivity index (χ4v) is 2.28. The van der Waals surface area contributed by atoms with Crippen molar-refractivity contribution in [1.29, 1.82) is 0 Å². The molecule has 2 rings (SSSR count). The molecule has 0 radical (unpaired) electrons. The van der Waals surface area contributed by atoms with Gasteiger partial charge in [-0.3, -0.25) is 14.3 Å². The van der Waals surface area contributed by atoms with Gasteiger partial charge in [-0.2, -0.15) is 5.10 Å². The number of aromatic nitrogens is 3. The van der Waals surface area contributed by atoms with E-state index in [2.05, 4.69) is 15.4 Å². The number of aliphatic carboxylic acids is 1. The number of amides is 1. The Hall–Kier alpha value is -2.44. The maximum atomic E-state index is 11.9. The molecule has 1 amide bonds. The molecular weight excluding hydrogens is 272 g/mol. The molecule has 0 aliphatic carbocycles. The lowest BCUT2D eigenvalue weighted by atomic mass is 10.0. The van der Waals surface area contributed by atoms with E-state index in [1.807, 2.05) is 20.0 Å². The number of carboxylic acids is 1. The third-order valence-corrected chi connectivity index (χ3v) is 3.20. The summed E-state index contributed by atoms with van der Waals surface area (Å²) in [6.07, 6.45) is 1.71. The normalized spacial score (nSPS) is 12.3. The molecule has 0 saturated heterocycles. The van der Waals surface area contributed by atoms with Gasteiger partial charge in [0.05, 0.1) is 17.6 Å². The molecule has 2 heterocycles. The molecule has 0 bridgehead atoms. The standard InChI is InChI=1S/C14H18N4O3/c1-8(5-13(20)21)4-12(19)16-10-6-11-9(2)17-18(3)14(11)15-7-10/h6-8H,4-5H2,1-3H3,(H,16,19)(H,20,21). The fourth-order valence-electron chi connectivity index (χ4n) is 2.28. The summed E-state index contributed by atoms with van der Waals surface area (Å²) in [6, 6.07) is 1.82. The minimum atomic E-state index is -0.899. The van der Waals surface area contributed by atoms with Crippen LogP contribution in [0.1, 0.15) is 25.5 Å². The Morgan fingerprint density at radius 3 is 2.81 bits per heavy atom. The van der Waals surface area contributed by atoms with Crippen LogP contribution in [-0.4, -0.2) is 31.7 Å². The van der Waals surface area contributed by atoms with Gasteiger partial charge >= 0.3 is 5.97 Å². The van der Waals surface area contributed by atoms with Crippen LogP contribution in [0.3, 0.4) is 0 Å². The van der Waals surface area contributed by atoms with Gasteiger partial charge in [0.2, 0.25) is 5.91 Å². The van der Waals surface area contributed by atoms with E-state index in [-0.39, 0.29) is 24.7 Å². The summed E-state index contributed by atoms with van der Waals surface area (Å²) in [4.78, 5) is 26.7. The Morgan fingerprint density at radius 1 is 1.43 bits per heavy atom. The number of hydrogen-bond donors (Lipinski definition) is 2. The van der Waals surface area contributed by atoms with Gasteiger partial charge in [-0.1, -0.05) is 6.92 Å². The van der Waals surface area contributed by atoms with Crippen molar-refractivity contribution in [3.8, 4) is 0 Å². The predicted octanol–water partition coefficient (Wildman–Crippen LogP) is 1.72. The Bertz CT molecular complexity index is 693. The molecular formula is C14H18N4O3. The SMILES string of the molecule is Cc1nn(C)c2ncc(NC(=O)CC(C)CC(=O)O)cc12. The molecule has 0 aromatic carbocycles. The summed E-state index contributed by atoms with van der Waals surface area (Å²) < 4.78 is 1.69. The van der Waals surface area contributed by atoms with Gasteiger partial charge in [0.25, 0.3) is 0 Å². The van der Waals surface area contributed by atoms with Crippen LogP contribution < -0.4 is 5.32 Å². The summed E-state index contributed by atoms with van der Waals surface area (Å²) in [7, 11) is 1.81. The van der Waals surface area contributed by atoms with Crippen LogP contribution >= 0.6 is 0 Å². The number of carbonyl (C=O) groups excluding carboxylic acids is 1. The molecule has 7 heteroatoms. The van der Waals surface area contributed by atoms with E-state index in [0.29, 0.717) is 5.69 Å². The van der Waals surface area contributed by atoms with Gasteiger partial charge in [-0.05, 0) is 18.9 Å². The van der Waals surface area contributed by atoms with Crippen molar-refractivity contribution in [2.24, 2.45) is 13.0 Å². The van der Waals surface area contributed by atoms with Crippen molar-refractivity contribution in [2.75, 3.05) is 5.32 Å². The van der Waals surface area contributed by atoms with Crippen molar-refractivity contribution in [3.05, 3.63) is 18.0 Å². The van der Waals surface area contributed by atoms with Gasteiger partial charge in [-0.25, -0.2) is 4.98 Å². The van der Waals surface area contributed by atoms with E-state index in [0.717, 1.165) is 16.7 Å². The average Bonchev–Trinajstić information content (AvgIpc) is 2.63. The minimum absolute atomic E-state index is 0.0214. The highest BCUT2D eigenvalue weighted by Crippen LogP contribution is 2.19. The van der Waals surface area contributed by atoms with Crippen LogP contribution in [0, 0.1) is 12.8 Å². The zero-order valence-corrected chi connectivity index (χ0v) is 12.3. The molecule has 7 nitrogen and oxygen atoms in total. The number of pyridine rings is 1. The van der Waals surface area contributed by atoms with Gasteiger partial charge in [-0.15, -0.1) is 0 Å². The molecule has 112 valence electrons. The van der Waals surface area contributed by atoms with E-state index < -0.39 is 5.97 Å². The van der Waals surface area contributed by atoms with E-state index in [9.17, 15) is 9.59 Å². The van der Waals surface area contributed by atoms with Crippen molar-refractivity contribution >= 4 is 28.6 Å². The largest absolute Gasteiger partial charge is 0.481 e. The highest BCUT2D eigenvalue weighted by atomic mass is 16.4. The lowest BCUT2D eigenvalue weighted by Crippen LogP contribution is -2.17. The number of rotatable bonds is 5. The van der Waals surface area contributed by atoms with Crippen molar-refractivity contribution in [2.45, 2.75) is 26.7 Å². The van der Waals surface area contributed by atoms with Gasteiger partial charge in [0, 0.05) is 25.3 Å². The smallest absolute Gasteiger partial charge is 0.303 e. The van der Waals surface area contributed by atoms with Crippen LogP contribution in [0.25, 0.3) is 11.0 Å². The number of carboxylic acid groups (broad SMARTS) is 1. The third-order valence-electron chi connectivity index (χ3n) is 3.20. The van der Waals surface area contributed by atoms with Crippen molar-refractivity contribution < 1.29 is 14.7 Å². The van der Waals surface area contributed by atoms with Crippen LogP contribution in [-0.2, 0) is 16.6 Å². The van der Waals surface area contributed by atoms with E-state index in [4.69, 9.17) is 5.11 Å². The molecule has 1 atom stereocenters. The Kier molecular flexibility index (Phi) is 4.21. The molecule has 0 aliphatic heterocycles. The third kappa shape index (κ3) is 3.56. The fraction of sp³-hybridized carbons (Fsp3) is 0.429. The molecule has 0 spiro atoms. The Labute approximate surface area is 122 Å². The highest BCUT2D eigenvalue weighted by Gasteiger charge is 2.14. The number of anilines is 1. The summed E-state index contributed by atoms with van der Waals surface area (Å²) in [6.45, 7) is 3.62. The van der Waals surface area contributed by atoms with Crippen molar-refractivity contribution in [3.63, 3.8) is 0 Å². The second-order valence-electron chi connectivity index (χ2n) is 5.26. The molecule has 0 saturated carbocycles. The first-order valence-corrected chi connectivity index (χ1v) is 6.68. The van der Waals surface area contributed by atoms with Crippen LogP contribution in [0.4, 0.5) is 5.69 Å². The molecule has 2 aromatic heterocycles. The molecule has 2 N–H and O–H groups in total. The molecule has 0 fully saturated rings. The lowest BCUT2D eigenvalue weighted by Gasteiger charge is -2.09. The van der Waals surface area contributed by atoms with E-state index in [1.165, 1.54) is 0 Å². The monoisotopic (exact) mass is 290 g/mol. The number of nitrogens with zero attached hydrogens (tertiary/aromatic N) is 3. The van der Waals surface area contributed by atoms with Crippen LogP contribution in [0.2, 0.25) is 0 Å². The van der Waals surface area contributed by atoms with E-state index >= 15 is 0 Å². The summed E-state index contributed by atoms with van der Waals surface area (Å²) >= 11 is 0. The van der Waals surface area contributed by atoms with Gasteiger partial charge in [0.1, 0.15) is 0 Å². The maximum absolute atomic E-state index is 11.9. The number of hydrogen-bond acceptors (Lipinski definition) is 4. The van der Waals surface area contributed by atoms with Gasteiger partial charge in [0.15, 0.2) is 5.65 Å².